The molecule has 106 valence electrons. The van der Waals surface area contributed by atoms with E-state index in [9.17, 15) is 4.79 Å². The zero-order valence-corrected chi connectivity index (χ0v) is 12.4. The molecule has 0 saturated heterocycles. The van der Waals surface area contributed by atoms with Gasteiger partial charge in [-0.05, 0) is 37.3 Å². The highest BCUT2D eigenvalue weighted by Gasteiger charge is 2.11. The molecule has 21 heavy (non-hydrogen) atoms. The second-order valence-electron chi connectivity index (χ2n) is 4.65. The number of rotatable bonds is 2. The lowest BCUT2D eigenvalue weighted by Crippen LogP contribution is -2.19. The highest BCUT2D eigenvalue weighted by atomic mass is 32.1. The van der Waals surface area contributed by atoms with Gasteiger partial charge in [0.1, 0.15) is 6.33 Å². The van der Waals surface area contributed by atoms with Gasteiger partial charge < -0.3 is 9.88 Å². The summed E-state index contributed by atoms with van der Waals surface area (Å²) in [7, 11) is 1.89. The Labute approximate surface area is 126 Å². The molecule has 2 aromatic heterocycles. The molecule has 0 bridgehead atoms. The lowest BCUT2D eigenvalue weighted by Gasteiger charge is -2.07. The van der Waals surface area contributed by atoms with Gasteiger partial charge in [0, 0.05) is 25.0 Å². The number of hydrogen-bond acceptors (Lipinski definition) is 4. The van der Waals surface area contributed by atoms with E-state index in [1.165, 1.54) is 6.92 Å². The molecule has 0 atom stereocenters. The first-order valence-corrected chi connectivity index (χ1v) is 6.74. The van der Waals surface area contributed by atoms with Gasteiger partial charge in [-0.3, -0.25) is 9.36 Å². The summed E-state index contributed by atoms with van der Waals surface area (Å²) in [6.07, 6.45) is 5.03. The molecule has 0 unspecified atom stereocenters. The molecule has 0 aliphatic rings. The van der Waals surface area contributed by atoms with Gasteiger partial charge in [0.2, 0.25) is 5.95 Å². The number of hydrogen-bond donors (Lipinski definition) is 1. The Morgan fingerprint density at radius 3 is 2.86 bits per heavy atom. The predicted molar refractivity (Wildman–Crippen MR) is 84.6 cm³/mol. The van der Waals surface area contributed by atoms with Gasteiger partial charge >= 0.3 is 0 Å². The zero-order valence-electron chi connectivity index (χ0n) is 11.6. The molecule has 7 heteroatoms. The third-order valence-electron chi connectivity index (χ3n) is 3.25. The van der Waals surface area contributed by atoms with E-state index in [-0.39, 0.29) is 5.78 Å². The molecular formula is C14H13N5OS. The molecule has 6 nitrogen and oxygen atoms in total. The first-order chi connectivity index (χ1) is 10.1. The number of fused-ring (bicyclic) bond motifs is 1. The highest BCUT2D eigenvalue weighted by molar-refractivity contribution is 7.80. The fraction of sp³-hybridized carbons (Fsp3) is 0.143. The number of anilines is 1. The Balaban J connectivity index is 1.98. The minimum atomic E-state index is 0.0194. The predicted octanol–water partition coefficient (Wildman–Crippen LogP) is 2.22. The van der Waals surface area contributed by atoms with Crippen molar-refractivity contribution in [1.29, 1.82) is 0 Å². The summed E-state index contributed by atoms with van der Waals surface area (Å²) >= 11 is 5.29. The second-order valence-corrected chi connectivity index (χ2v) is 5.04. The third kappa shape index (κ3) is 2.43. The van der Waals surface area contributed by atoms with Gasteiger partial charge in [0.05, 0.1) is 11.0 Å². The van der Waals surface area contributed by atoms with Crippen molar-refractivity contribution in [2.45, 2.75) is 6.92 Å². The smallest absolute Gasteiger partial charge is 0.209 e. The number of thiocarbonyl (C=S) groups is 1. The van der Waals surface area contributed by atoms with E-state index in [0.717, 1.165) is 11.0 Å². The van der Waals surface area contributed by atoms with Crippen molar-refractivity contribution in [1.82, 2.24) is 19.1 Å². The Hall–Kier alpha value is -2.54. The van der Waals surface area contributed by atoms with Crippen LogP contribution in [0.1, 0.15) is 17.3 Å². The van der Waals surface area contributed by atoms with Crippen molar-refractivity contribution in [3.63, 3.8) is 0 Å². The van der Waals surface area contributed by atoms with Gasteiger partial charge in [-0.1, -0.05) is 0 Å². The van der Waals surface area contributed by atoms with Gasteiger partial charge in [0.15, 0.2) is 10.9 Å². The van der Waals surface area contributed by atoms with E-state index >= 15 is 0 Å². The van der Waals surface area contributed by atoms with Crippen molar-refractivity contribution in [3.05, 3.63) is 42.5 Å². The fourth-order valence-corrected chi connectivity index (χ4v) is 2.27. The highest BCUT2D eigenvalue weighted by Crippen LogP contribution is 2.20. The molecule has 1 N–H and O–H groups in total. The van der Waals surface area contributed by atoms with Crippen molar-refractivity contribution in [2.75, 3.05) is 5.32 Å². The van der Waals surface area contributed by atoms with Crippen LogP contribution in [-0.2, 0) is 7.05 Å². The Morgan fingerprint density at radius 1 is 1.38 bits per heavy atom. The summed E-state index contributed by atoms with van der Waals surface area (Å²) in [5.74, 6) is 0.635. The molecule has 0 aliphatic carbocycles. The van der Waals surface area contributed by atoms with Crippen LogP contribution in [0.4, 0.5) is 5.95 Å². The maximum atomic E-state index is 11.4. The van der Waals surface area contributed by atoms with Crippen LogP contribution in [0.3, 0.4) is 0 Å². The number of nitrogens with one attached hydrogen (secondary N) is 1. The summed E-state index contributed by atoms with van der Waals surface area (Å²) in [5.41, 5.74) is 2.32. The van der Waals surface area contributed by atoms with E-state index in [1.54, 1.807) is 35.4 Å². The lowest BCUT2D eigenvalue weighted by atomic mass is 10.1. The Kier molecular flexibility index (Phi) is 3.26. The van der Waals surface area contributed by atoms with Crippen LogP contribution in [0.2, 0.25) is 0 Å². The molecule has 0 amide bonds. The number of nitrogens with zero attached hydrogens (tertiary/aromatic N) is 4. The van der Waals surface area contributed by atoms with Gasteiger partial charge in [-0.25, -0.2) is 9.97 Å². The average molecular weight is 299 g/mol. The molecule has 0 radical (unpaired) electrons. The van der Waals surface area contributed by atoms with E-state index < -0.39 is 0 Å². The molecule has 2 heterocycles. The van der Waals surface area contributed by atoms with E-state index in [2.05, 4.69) is 15.3 Å². The zero-order chi connectivity index (χ0) is 15.0. The summed E-state index contributed by atoms with van der Waals surface area (Å²) in [4.78, 5) is 19.9. The van der Waals surface area contributed by atoms with Crippen molar-refractivity contribution in [2.24, 2.45) is 7.05 Å². The van der Waals surface area contributed by atoms with Crippen LogP contribution < -0.4 is 5.32 Å². The minimum absolute atomic E-state index is 0.0194. The van der Waals surface area contributed by atoms with Gasteiger partial charge in [-0.2, -0.15) is 0 Å². The van der Waals surface area contributed by atoms with Crippen LogP contribution in [0.25, 0.3) is 11.0 Å². The number of benzene rings is 1. The number of Topliss-reactive ketones (excluding diaryl/α,β-unsaturated/α-hetero) is 1. The molecular weight excluding hydrogens is 286 g/mol. The molecule has 0 aliphatic heterocycles. The summed E-state index contributed by atoms with van der Waals surface area (Å²) in [6.45, 7) is 1.54. The second kappa shape index (κ2) is 5.10. The maximum Gasteiger partial charge on any atom is 0.209 e. The molecule has 3 rings (SSSR count). The van der Waals surface area contributed by atoms with Crippen LogP contribution in [-0.4, -0.2) is 30.0 Å². The van der Waals surface area contributed by atoms with Crippen LogP contribution >= 0.6 is 12.2 Å². The molecule has 0 fully saturated rings. The number of carbonyl (C=O) groups is 1. The average Bonchev–Trinajstić information content (AvgIpc) is 3.08. The number of carbonyl (C=O) groups excluding carboxylic acids is 1. The fourth-order valence-electron chi connectivity index (χ4n) is 2.07. The first kappa shape index (κ1) is 13.4. The normalized spacial score (nSPS) is 10.8. The Morgan fingerprint density at radius 2 is 2.19 bits per heavy atom. The maximum absolute atomic E-state index is 11.4. The van der Waals surface area contributed by atoms with E-state index in [0.29, 0.717) is 16.6 Å². The summed E-state index contributed by atoms with van der Waals surface area (Å²) in [5, 5.41) is 3.56. The quantitative estimate of drug-likeness (QED) is 0.580. The molecule has 0 spiro atoms. The summed E-state index contributed by atoms with van der Waals surface area (Å²) < 4.78 is 3.58. The van der Waals surface area contributed by atoms with Crippen LogP contribution in [0, 0.1) is 0 Å². The van der Waals surface area contributed by atoms with Gasteiger partial charge in [-0.15, -0.1) is 0 Å². The first-order valence-electron chi connectivity index (χ1n) is 6.33. The van der Waals surface area contributed by atoms with E-state index in [4.69, 9.17) is 12.2 Å². The Bertz CT molecular complexity index is 835. The molecule has 3 aromatic rings. The minimum Gasteiger partial charge on any atom is -0.313 e. The molecule has 1 aromatic carbocycles. The lowest BCUT2D eigenvalue weighted by molar-refractivity contribution is 0.101. The van der Waals surface area contributed by atoms with E-state index in [1.807, 2.05) is 17.7 Å². The van der Waals surface area contributed by atoms with Crippen molar-refractivity contribution < 1.29 is 4.79 Å². The standard InChI is InChI=1S/C14H13N5OS/c1-9(20)10-3-4-12-11(7-10)16-13(18(12)2)17-14(21)19-6-5-15-8-19/h3-8H,1-2H3,(H,16,17,21). The van der Waals surface area contributed by atoms with Crippen molar-refractivity contribution >= 4 is 40.1 Å². The van der Waals surface area contributed by atoms with Crippen LogP contribution in [0.15, 0.2) is 36.9 Å². The monoisotopic (exact) mass is 299 g/mol. The van der Waals surface area contributed by atoms with Crippen LogP contribution in [0.5, 0.6) is 0 Å². The number of aromatic nitrogens is 4. The topological polar surface area (TPSA) is 64.7 Å². The SMILES string of the molecule is CC(=O)c1ccc2c(c1)nc(NC(=S)n1ccnc1)n2C. The number of ketones is 1. The molecule has 0 saturated carbocycles. The van der Waals surface area contributed by atoms with Gasteiger partial charge in [0.25, 0.3) is 0 Å². The number of aryl methyl sites for hydroxylation is 1. The van der Waals surface area contributed by atoms with Crippen molar-refractivity contribution in [3.8, 4) is 0 Å². The summed E-state index contributed by atoms with van der Waals surface area (Å²) in [6, 6.07) is 5.46. The number of imidazole rings is 2. The third-order valence-corrected chi connectivity index (χ3v) is 3.56. The largest absolute Gasteiger partial charge is 0.313 e.